The smallest absolute Gasteiger partial charge is 0.336 e. The van der Waals surface area contributed by atoms with Gasteiger partial charge in [-0.2, -0.15) is 0 Å². The van der Waals surface area contributed by atoms with Crippen LogP contribution in [0.15, 0.2) is 77.5 Å². The summed E-state index contributed by atoms with van der Waals surface area (Å²) in [6.45, 7) is 6.06. The number of dihydropyridines is 1. The second kappa shape index (κ2) is 10.1. The van der Waals surface area contributed by atoms with E-state index < -0.39 is 11.9 Å². The van der Waals surface area contributed by atoms with E-state index in [1.807, 2.05) is 49.4 Å². The van der Waals surface area contributed by atoms with Gasteiger partial charge in [0.15, 0.2) is 11.5 Å². The molecule has 1 aliphatic heterocycles. The second-order valence-corrected chi connectivity index (χ2v) is 9.89. The van der Waals surface area contributed by atoms with Crippen LogP contribution in [-0.4, -0.2) is 18.4 Å². The Hall–Kier alpha value is -3.54. The van der Waals surface area contributed by atoms with Crippen LogP contribution in [0.2, 0.25) is 10.0 Å². The largest absolute Gasteiger partial charge is 0.486 e. The van der Waals surface area contributed by atoms with Crippen LogP contribution in [0.25, 0.3) is 5.70 Å². The van der Waals surface area contributed by atoms with Gasteiger partial charge in [0, 0.05) is 28.3 Å². The summed E-state index contributed by atoms with van der Waals surface area (Å²) in [7, 11) is 0. The van der Waals surface area contributed by atoms with Gasteiger partial charge in [0.2, 0.25) is 0 Å². The molecule has 2 aliphatic rings. The first-order chi connectivity index (χ1) is 17.8. The van der Waals surface area contributed by atoms with Gasteiger partial charge in [-0.05, 0) is 44.0 Å². The Balaban J connectivity index is 1.58. The summed E-state index contributed by atoms with van der Waals surface area (Å²) < 4.78 is 11.4. The van der Waals surface area contributed by atoms with Crippen molar-refractivity contribution in [3.63, 3.8) is 0 Å². The Morgan fingerprint density at radius 2 is 1.68 bits per heavy atom. The third-order valence-corrected chi connectivity index (χ3v) is 7.13. The molecule has 1 N–H and O–H groups in total. The molecule has 0 saturated heterocycles. The Morgan fingerprint density at radius 1 is 0.973 bits per heavy atom. The molecule has 37 heavy (non-hydrogen) atoms. The number of ketones is 1. The van der Waals surface area contributed by atoms with Crippen LogP contribution in [0.1, 0.15) is 52.4 Å². The topological polar surface area (TPSA) is 64.6 Å². The minimum Gasteiger partial charge on any atom is -0.486 e. The highest BCUT2D eigenvalue weighted by Gasteiger charge is 2.43. The lowest BCUT2D eigenvalue weighted by Gasteiger charge is -2.29. The molecule has 5 nitrogen and oxygen atoms in total. The van der Waals surface area contributed by atoms with Crippen LogP contribution in [0.3, 0.4) is 0 Å². The first-order valence-corrected chi connectivity index (χ1v) is 12.8. The molecule has 5 rings (SSSR count). The van der Waals surface area contributed by atoms with Crippen molar-refractivity contribution in [2.24, 2.45) is 0 Å². The Kier molecular flexibility index (Phi) is 6.84. The molecule has 1 aliphatic carbocycles. The average molecular weight is 534 g/mol. The summed E-state index contributed by atoms with van der Waals surface area (Å²) in [5, 5.41) is 3.87. The van der Waals surface area contributed by atoms with E-state index in [1.54, 1.807) is 32.0 Å². The van der Waals surface area contributed by atoms with Crippen molar-refractivity contribution in [2.75, 3.05) is 6.61 Å². The molecule has 7 heteroatoms. The monoisotopic (exact) mass is 533 g/mol. The molecule has 0 aromatic heterocycles. The Labute approximate surface area is 225 Å². The standard InChI is InChI=1S/C30H25Cl2NO4/c1-4-36-30(35)24-17(3)33-27-20-10-5-6-11-21(20)28(34)26(27)25(24)19-13-22(31)29(23(32)14-19)37-15-18-9-7-8-16(2)12-18/h5-14,25,33H,4,15H2,1-3H3/t25-/m1/s1. The lowest BCUT2D eigenvalue weighted by Crippen LogP contribution is -2.29. The van der Waals surface area contributed by atoms with E-state index in [1.165, 1.54) is 0 Å². The molecule has 0 fully saturated rings. The predicted molar refractivity (Wildman–Crippen MR) is 145 cm³/mol. The number of allylic oxidation sites excluding steroid dienone is 2. The highest BCUT2D eigenvalue weighted by atomic mass is 35.5. The maximum atomic E-state index is 13.6. The highest BCUT2D eigenvalue weighted by molar-refractivity contribution is 6.37. The molecule has 0 saturated carbocycles. The van der Waals surface area contributed by atoms with E-state index >= 15 is 0 Å². The number of ether oxygens (including phenoxy) is 2. The van der Waals surface area contributed by atoms with E-state index in [0.717, 1.165) is 16.7 Å². The third kappa shape index (κ3) is 4.54. The minimum absolute atomic E-state index is 0.149. The van der Waals surface area contributed by atoms with Crippen LogP contribution >= 0.6 is 23.2 Å². The molecule has 1 heterocycles. The molecule has 0 bridgehead atoms. The van der Waals surface area contributed by atoms with Gasteiger partial charge in [-0.15, -0.1) is 0 Å². The van der Waals surface area contributed by atoms with Crippen molar-refractivity contribution in [1.82, 2.24) is 5.32 Å². The number of Topliss-reactive ketones (excluding diaryl/α,β-unsaturated/α-hetero) is 1. The van der Waals surface area contributed by atoms with Gasteiger partial charge in [0.05, 0.1) is 27.9 Å². The van der Waals surface area contributed by atoms with Gasteiger partial charge in [0.1, 0.15) is 6.61 Å². The lowest BCUT2D eigenvalue weighted by atomic mass is 9.80. The number of nitrogens with one attached hydrogen (secondary N) is 1. The van der Waals surface area contributed by atoms with Crippen molar-refractivity contribution in [2.45, 2.75) is 33.3 Å². The zero-order chi connectivity index (χ0) is 26.3. The van der Waals surface area contributed by atoms with Gasteiger partial charge in [-0.1, -0.05) is 77.3 Å². The van der Waals surface area contributed by atoms with Crippen molar-refractivity contribution >= 4 is 40.7 Å². The maximum absolute atomic E-state index is 13.6. The van der Waals surface area contributed by atoms with Gasteiger partial charge in [0.25, 0.3) is 0 Å². The lowest BCUT2D eigenvalue weighted by molar-refractivity contribution is -0.138. The fourth-order valence-electron chi connectivity index (χ4n) is 4.98. The molecular weight excluding hydrogens is 509 g/mol. The SMILES string of the molecule is CCOC(=O)C1=C(C)NC2=C(C(=O)c3ccccc32)[C@@H]1c1cc(Cl)c(OCc2cccc(C)c2)c(Cl)c1. The first kappa shape index (κ1) is 25.1. The van der Waals surface area contributed by atoms with E-state index in [2.05, 4.69) is 5.32 Å². The molecule has 3 aromatic rings. The van der Waals surface area contributed by atoms with E-state index in [0.29, 0.717) is 56.1 Å². The average Bonchev–Trinajstić information content (AvgIpc) is 3.14. The van der Waals surface area contributed by atoms with E-state index in [4.69, 9.17) is 32.7 Å². The summed E-state index contributed by atoms with van der Waals surface area (Å²) in [5.74, 6) is -1.02. The fraction of sp³-hybridized carbons (Fsp3) is 0.200. The van der Waals surface area contributed by atoms with Crippen molar-refractivity contribution < 1.29 is 19.1 Å². The number of rotatable bonds is 6. The maximum Gasteiger partial charge on any atom is 0.336 e. The number of carbonyl (C=O) groups excluding carboxylic acids is 2. The van der Waals surface area contributed by atoms with Crippen LogP contribution in [0.4, 0.5) is 0 Å². The minimum atomic E-state index is -0.712. The summed E-state index contributed by atoms with van der Waals surface area (Å²) in [6, 6.07) is 18.8. The number of hydrogen-bond acceptors (Lipinski definition) is 5. The second-order valence-electron chi connectivity index (χ2n) is 9.07. The number of aryl methyl sites for hydroxylation is 1. The Morgan fingerprint density at radius 3 is 2.35 bits per heavy atom. The van der Waals surface area contributed by atoms with Gasteiger partial charge >= 0.3 is 5.97 Å². The normalized spacial score (nSPS) is 16.4. The molecular formula is C30H25Cl2NO4. The summed E-state index contributed by atoms with van der Waals surface area (Å²) in [4.78, 5) is 26.7. The number of benzene rings is 3. The number of carbonyl (C=O) groups is 2. The van der Waals surface area contributed by atoms with Gasteiger partial charge in [-0.3, -0.25) is 4.79 Å². The van der Waals surface area contributed by atoms with Crippen molar-refractivity contribution in [3.05, 3.63) is 115 Å². The Bertz CT molecular complexity index is 1480. The van der Waals surface area contributed by atoms with Crippen LogP contribution < -0.4 is 10.1 Å². The summed E-state index contributed by atoms with van der Waals surface area (Å²) >= 11 is 13.4. The van der Waals surface area contributed by atoms with Crippen LogP contribution in [-0.2, 0) is 16.1 Å². The van der Waals surface area contributed by atoms with Crippen LogP contribution in [0, 0.1) is 6.92 Å². The molecule has 0 radical (unpaired) electrons. The highest BCUT2D eigenvalue weighted by Crippen LogP contribution is 2.48. The molecule has 0 spiro atoms. The quantitative estimate of drug-likeness (QED) is 0.345. The van der Waals surface area contributed by atoms with Gasteiger partial charge in [-0.25, -0.2) is 4.79 Å². The molecule has 3 aromatic carbocycles. The zero-order valence-electron chi connectivity index (χ0n) is 20.7. The van der Waals surface area contributed by atoms with E-state index in [-0.39, 0.29) is 12.4 Å². The van der Waals surface area contributed by atoms with Gasteiger partial charge < -0.3 is 14.8 Å². The summed E-state index contributed by atoms with van der Waals surface area (Å²) in [5.41, 5.74) is 6.21. The number of esters is 1. The predicted octanol–water partition coefficient (Wildman–Crippen LogP) is 7.01. The molecule has 1 atom stereocenters. The molecule has 188 valence electrons. The number of fused-ring (bicyclic) bond motifs is 2. The van der Waals surface area contributed by atoms with E-state index in [9.17, 15) is 9.59 Å². The number of halogens is 2. The third-order valence-electron chi connectivity index (χ3n) is 6.56. The molecule has 0 unspecified atom stereocenters. The van der Waals surface area contributed by atoms with Crippen LogP contribution in [0.5, 0.6) is 5.75 Å². The summed E-state index contributed by atoms with van der Waals surface area (Å²) in [6.07, 6.45) is 0. The van der Waals surface area contributed by atoms with Crippen molar-refractivity contribution in [3.8, 4) is 5.75 Å². The fourth-order valence-corrected chi connectivity index (χ4v) is 5.60. The first-order valence-electron chi connectivity index (χ1n) is 12.0. The molecule has 0 amide bonds. The van der Waals surface area contributed by atoms with Crippen molar-refractivity contribution in [1.29, 1.82) is 0 Å². The number of hydrogen-bond donors (Lipinski definition) is 1. The zero-order valence-corrected chi connectivity index (χ0v) is 22.2.